The standard InChI is InChI=1S/C15H23NO2S/c1-10(2)13(17)9-15(18)16-12-7-5-6-8-14(12)19-11(3)4/h5-8,10-11,13,17H,9H2,1-4H3,(H,16,18). The Morgan fingerprint density at radius 2 is 1.89 bits per heavy atom. The minimum atomic E-state index is -0.593. The summed E-state index contributed by atoms with van der Waals surface area (Å²) in [5.74, 6) is -0.0518. The van der Waals surface area contributed by atoms with Crippen molar-refractivity contribution in [2.24, 2.45) is 5.92 Å². The summed E-state index contributed by atoms with van der Waals surface area (Å²) in [6.45, 7) is 8.04. The molecule has 0 aliphatic heterocycles. The third kappa shape index (κ3) is 5.66. The van der Waals surface area contributed by atoms with E-state index in [0.29, 0.717) is 5.25 Å². The first-order valence-electron chi connectivity index (χ1n) is 6.63. The molecule has 3 nitrogen and oxygen atoms in total. The number of carbonyl (C=O) groups excluding carboxylic acids is 1. The lowest BCUT2D eigenvalue weighted by atomic mass is 10.0. The molecule has 106 valence electrons. The highest BCUT2D eigenvalue weighted by atomic mass is 32.2. The highest BCUT2D eigenvalue weighted by molar-refractivity contribution is 8.00. The van der Waals surface area contributed by atoms with Crippen LogP contribution in [0, 0.1) is 5.92 Å². The molecule has 1 atom stereocenters. The Morgan fingerprint density at radius 3 is 2.47 bits per heavy atom. The Bertz CT molecular complexity index is 418. The minimum Gasteiger partial charge on any atom is -0.392 e. The zero-order valence-electron chi connectivity index (χ0n) is 12.0. The zero-order chi connectivity index (χ0) is 14.4. The van der Waals surface area contributed by atoms with Crippen LogP contribution in [0.3, 0.4) is 0 Å². The molecule has 0 heterocycles. The fraction of sp³-hybridized carbons (Fsp3) is 0.533. The lowest BCUT2D eigenvalue weighted by Crippen LogP contribution is -2.23. The van der Waals surface area contributed by atoms with Crippen LogP contribution in [-0.4, -0.2) is 22.4 Å². The topological polar surface area (TPSA) is 49.3 Å². The SMILES string of the molecule is CC(C)Sc1ccccc1NC(=O)CC(O)C(C)C. The number of thioether (sulfide) groups is 1. The van der Waals surface area contributed by atoms with Crippen molar-refractivity contribution in [3.8, 4) is 0 Å². The summed E-state index contributed by atoms with van der Waals surface area (Å²) in [6, 6.07) is 7.76. The Morgan fingerprint density at radius 1 is 1.26 bits per heavy atom. The molecule has 0 saturated heterocycles. The number of aliphatic hydroxyl groups excluding tert-OH is 1. The second kappa shape index (κ2) is 7.56. The first kappa shape index (κ1) is 16.1. The molecule has 0 radical (unpaired) electrons. The maximum absolute atomic E-state index is 11.9. The van der Waals surface area contributed by atoms with Gasteiger partial charge in [0.25, 0.3) is 0 Å². The van der Waals surface area contributed by atoms with Crippen LogP contribution in [0.15, 0.2) is 29.2 Å². The molecule has 0 spiro atoms. The number of amides is 1. The van der Waals surface area contributed by atoms with E-state index in [1.54, 1.807) is 11.8 Å². The van der Waals surface area contributed by atoms with E-state index in [1.165, 1.54) is 0 Å². The van der Waals surface area contributed by atoms with E-state index in [4.69, 9.17) is 0 Å². The summed E-state index contributed by atoms with van der Waals surface area (Å²) >= 11 is 1.72. The predicted octanol–water partition coefficient (Wildman–Crippen LogP) is 3.53. The molecule has 0 aliphatic carbocycles. The molecule has 1 rings (SSSR count). The molecule has 4 heteroatoms. The number of hydrogen-bond acceptors (Lipinski definition) is 3. The second-order valence-corrected chi connectivity index (χ2v) is 6.84. The third-order valence-corrected chi connectivity index (χ3v) is 3.77. The first-order chi connectivity index (χ1) is 8.90. The van der Waals surface area contributed by atoms with E-state index in [-0.39, 0.29) is 18.2 Å². The minimum absolute atomic E-state index is 0.0889. The number of carbonyl (C=O) groups is 1. The normalized spacial score (nSPS) is 12.8. The summed E-state index contributed by atoms with van der Waals surface area (Å²) in [5.41, 5.74) is 0.821. The lowest BCUT2D eigenvalue weighted by Gasteiger charge is -2.16. The number of nitrogens with one attached hydrogen (secondary N) is 1. The van der Waals surface area contributed by atoms with Crippen LogP contribution in [0.2, 0.25) is 0 Å². The van der Waals surface area contributed by atoms with Gasteiger partial charge in [-0.2, -0.15) is 0 Å². The molecule has 0 saturated carbocycles. The quantitative estimate of drug-likeness (QED) is 0.784. The third-order valence-electron chi connectivity index (χ3n) is 2.69. The van der Waals surface area contributed by atoms with E-state index in [9.17, 15) is 9.90 Å². The summed E-state index contributed by atoms with van der Waals surface area (Å²) in [6.07, 6.45) is -0.455. The number of rotatable bonds is 6. The second-order valence-electron chi connectivity index (χ2n) is 5.23. The zero-order valence-corrected chi connectivity index (χ0v) is 12.8. The van der Waals surface area contributed by atoms with Gasteiger partial charge in [-0.15, -0.1) is 11.8 Å². The smallest absolute Gasteiger partial charge is 0.227 e. The Kier molecular flexibility index (Phi) is 6.38. The molecule has 1 aromatic rings. The van der Waals surface area contributed by atoms with Crippen LogP contribution in [0.4, 0.5) is 5.69 Å². The monoisotopic (exact) mass is 281 g/mol. The maximum atomic E-state index is 11.9. The highest BCUT2D eigenvalue weighted by Crippen LogP contribution is 2.30. The van der Waals surface area contributed by atoms with Crippen molar-refractivity contribution in [3.05, 3.63) is 24.3 Å². The van der Waals surface area contributed by atoms with Gasteiger partial charge in [-0.25, -0.2) is 0 Å². The van der Waals surface area contributed by atoms with Crippen LogP contribution < -0.4 is 5.32 Å². The number of para-hydroxylation sites is 1. The first-order valence-corrected chi connectivity index (χ1v) is 7.51. The van der Waals surface area contributed by atoms with Gasteiger partial charge >= 0.3 is 0 Å². The van der Waals surface area contributed by atoms with E-state index in [1.807, 2.05) is 38.1 Å². The van der Waals surface area contributed by atoms with Crippen molar-refractivity contribution in [2.75, 3.05) is 5.32 Å². The molecule has 19 heavy (non-hydrogen) atoms. The summed E-state index contributed by atoms with van der Waals surface area (Å²) in [4.78, 5) is 12.9. The molecular weight excluding hydrogens is 258 g/mol. The Hall–Kier alpha value is -1.00. The molecule has 0 aromatic heterocycles. The summed E-state index contributed by atoms with van der Waals surface area (Å²) in [7, 11) is 0. The van der Waals surface area contributed by atoms with Crippen LogP contribution in [0.1, 0.15) is 34.1 Å². The fourth-order valence-corrected chi connectivity index (χ4v) is 2.46. The maximum Gasteiger partial charge on any atom is 0.227 e. The number of hydrogen-bond donors (Lipinski definition) is 2. The molecule has 0 bridgehead atoms. The van der Waals surface area contributed by atoms with E-state index < -0.39 is 6.10 Å². The van der Waals surface area contributed by atoms with Crippen LogP contribution in [-0.2, 0) is 4.79 Å². The van der Waals surface area contributed by atoms with Gasteiger partial charge in [0.2, 0.25) is 5.91 Å². The van der Waals surface area contributed by atoms with Gasteiger partial charge in [0.15, 0.2) is 0 Å². The van der Waals surface area contributed by atoms with E-state index in [0.717, 1.165) is 10.6 Å². The predicted molar refractivity (Wildman–Crippen MR) is 81.5 cm³/mol. The van der Waals surface area contributed by atoms with E-state index >= 15 is 0 Å². The van der Waals surface area contributed by atoms with Gasteiger partial charge in [0, 0.05) is 10.1 Å². The van der Waals surface area contributed by atoms with Gasteiger partial charge < -0.3 is 10.4 Å². The van der Waals surface area contributed by atoms with Crippen molar-refractivity contribution in [1.29, 1.82) is 0 Å². The molecule has 1 amide bonds. The Balaban J connectivity index is 2.68. The average molecular weight is 281 g/mol. The molecule has 1 unspecified atom stereocenters. The number of aliphatic hydroxyl groups is 1. The van der Waals surface area contributed by atoms with Crippen LogP contribution >= 0.6 is 11.8 Å². The summed E-state index contributed by atoms with van der Waals surface area (Å²) < 4.78 is 0. The highest BCUT2D eigenvalue weighted by Gasteiger charge is 2.15. The van der Waals surface area contributed by atoms with Crippen molar-refractivity contribution in [1.82, 2.24) is 0 Å². The van der Waals surface area contributed by atoms with Crippen molar-refractivity contribution in [2.45, 2.75) is 50.4 Å². The Labute approximate surface area is 119 Å². The van der Waals surface area contributed by atoms with Gasteiger partial charge in [0.1, 0.15) is 0 Å². The fourth-order valence-electron chi connectivity index (χ4n) is 1.55. The van der Waals surface area contributed by atoms with Crippen molar-refractivity contribution >= 4 is 23.4 Å². The molecular formula is C15H23NO2S. The molecule has 0 fully saturated rings. The molecule has 1 aromatic carbocycles. The number of benzene rings is 1. The largest absolute Gasteiger partial charge is 0.392 e. The van der Waals surface area contributed by atoms with Crippen LogP contribution in [0.25, 0.3) is 0 Å². The van der Waals surface area contributed by atoms with Crippen molar-refractivity contribution < 1.29 is 9.90 Å². The summed E-state index contributed by atoms with van der Waals surface area (Å²) in [5, 5.41) is 13.1. The van der Waals surface area contributed by atoms with Gasteiger partial charge in [-0.3, -0.25) is 4.79 Å². The lowest BCUT2D eigenvalue weighted by molar-refractivity contribution is -0.118. The van der Waals surface area contributed by atoms with Gasteiger partial charge in [0.05, 0.1) is 18.2 Å². The van der Waals surface area contributed by atoms with Crippen molar-refractivity contribution in [3.63, 3.8) is 0 Å². The molecule has 0 aliphatic rings. The molecule has 2 N–H and O–H groups in total. The average Bonchev–Trinajstić information content (AvgIpc) is 2.30. The van der Waals surface area contributed by atoms with E-state index in [2.05, 4.69) is 19.2 Å². The van der Waals surface area contributed by atoms with Gasteiger partial charge in [-0.1, -0.05) is 39.8 Å². The number of anilines is 1. The van der Waals surface area contributed by atoms with Gasteiger partial charge in [-0.05, 0) is 18.1 Å². The van der Waals surface area contributed by atoms with Crippen LogP contribution in [0.5, 0.6) is 0 Å².